The van der Waals surface area contributed by atoms with Gasteiger partial charge in [-0.05, 0) is 31.5 Å². The van der Waals surface area contributed by atoms with Gasteiger partial charge in [0.05, 0.1) is 38.7 Å². The molecule has 0 amide bonds. The maximum atomic E-state index is 10.7. The molecule has 0 spiro atoms. The molecule has 0 radical (unpaired) electrons. The molecule has 25 heavy (non-hydrogen) atoms. The van der Waals surface area contributed by atoms with E-state index in [1.807, 2.05) is 49.1 Å². The van der Waals surface area contributed by atoms with Crippen LogP contribution in [0.15, 0.2) is 30.6 Å². The molecule has 2 aromatic rings. The molecule has 6 heteroatoms. The fraction of sp³-hybridized carbons (Fsp3) is 0.526. The predicted molar refractivity (Wildman–Crippen MR) is 95.8 cm³/mol. The van der Waals surface area contributed by atoms with Crippen molar-refractivity contribution in [3.63, 3.8) is 0 Å². The molecule has 0 aliphatic carbocycles. The van der Waals surface area contributed by atoms with Gasteiger partial charge in [0.15, 0.2) is 0 Å². The minimum atomic E-state index is -0.583. The first-order chi connectivity index (χ1) is 12.0. The average molecular weight is 345 g/mol. The van der Waals surface area contributed by atoms with Gasteiger partial charge in [0.1, 0.15) is 5.75 Å². The molecule has 1 aliphatic heterocycles. The number of benzene rings is 1. The molecule has 1 fully saturated rings. The number of ether oxygens (including phenoxy) is 2. The Hall–Kier alpha value is -1.89. The summed E-state index contributed by atoms with van der Waals surface area (Å²) in [5.74, 6) is 0.731. The molecule has 0 saturated carbocycles. The Kier molecular flexibility index (Phi) is 5.73. The van der Waals surface area contributed by atoms with Crippen molar-refractivity contribution in [2.75, 3.05) is 33.4 Å². The molecule has 6 nitrogen and oxygen atoms in total. The molecular weight excluding hydrogens is 318 g/mol. The van der Waals surface area contributed by atoms with Crippen molar-refractivity contribution in [1.82, 2.24) is 14.7 Å². The lowest BCUT2D eigenvalue weighted by atomic mass is 10.0. The van der Waals surface area contributed by atoms with E-state index in [4.69, 9.17) is 9.47 Å². The van der Waals surface area contributed by atoms with Gasteiger partial charge in [0, 0.05) is 31.4 Å². The van der Waals surface area contributed by atoms with Gasteiger partial charge < -0.3 is 14.6 Å². The second kappa shape index (κ2) is 7.99. The van der Waals surface area contributed by atoms with Crippen molar-refractivity contribution in [2.45, 2.75) is 32.6 Å². The smallest absolute Gasteiger partial charge is 0.124 e. The van der Waals surface area contributed by atoms with Crippen LogP contribution >= 0.6 is 0 Å². The molecule has 1 aromatic carbocycles. The maximum Gasteiger partial charge on any atom is 0.124 e. The lowest BCUT2D eigenvalue weighted by Crippen LogP contribution is -2.45. The SMILES string of the molecule is COc1ccc(C)cc1C(O)CN1CCOC(Cn2cc(C)cn2)C1. The summed E-state index contributed by atoms with van der Waals surface area (Å²) in [5, 5.41) is 15.0. The molecule has 1 saturated heterocycles. The second-order valence-corrected chi connectivity index (χ2v) is 6.75. The Morgan fingerprint density at radius 2 is 2.20 bits per heavy atom. The lowest BCUT2D eigenvalue weighted by Gasteiger charge is -2.34. The van der Waals surface area contributed by atoms with Crippen LogP contribution in [0.5, 0.6) is 5.75 Å². The van der Waals surface area contributed by atoms with Crippen molar-refractivity contribution in [3.05, 3.63) is 47.3 Å². The summed E-state index contributed by atoms with van der Waals surface area (Å²) < 4.78 is 13.2. The van der Waals surface area contributed by atoms with E-state index in [9.17, 15) is 5.11 Å². The van der Waals surface area contributed by atoms with Crippen LogP contribution in [0.25, 0.3) is 0 Å². The van der Waals surface area contributed by atoms with Crippen LogP contribution < -0.4 is 4.74 Å². The minimum Gasteiger partial charge on any atom is -0.496 e. The number of β-amino-alcohol motifs (C(OH)–C–C–N with tert-alkyl or cyclic N) is 1. The molecule has 0 bridgehead atoms. The number of methoxy groups -OCH3 is 1. The van der Waals surface area contributed by atoms with Crippen LogP contribution in [-0.4, -0.2) is 59.2 Å². The van der Waals surface area contributed by atoms with Crippen LogP contribution in [0.4, 0.5) is 0 Å². The van der Waals surface area contributed by atoms with E-state index in [0.29, 0.717) is 13.2 Å². The van der Waals surface area contributed by atoms with E-state index >= 15 is 0 Å². The van der Waals surface area contributed by atoms with Gasteiger partial charge in [0.25, 0.3) is 0 Å². The lowest BCUT2D eigenvalue weighted by molar-refractivity contribution is -0.0487. The third-order valence-electron chi connectivity index (χ3n) is 4.55. The summed E-state index contributed by atoms with van der Waals surface area (Å²) in [6.45, 7) is 7.62. The number of nitrogens with zero attached hydrogens (tertiary/aromatic N) is 3. The Labute approximate surface area is 149 Å². The standard InChI is InChI=1S/C19H27N3O3/c1-14-4-5-19(24-3)17(8-14)18(23)13-21-6-7-25-16(11-21)12-22-10-15(2)9-20-22/h4-5,8-10,16,18,23H,6-7,11-13H2,1-3H3. The third kappa shape index (κ3) is 4.60. The van der Waals surface area contributed by atoms with Crippen LogP contribution in [-0.2, 0) is 11.3 Å². The number of morpholine rings is 1. The fourth-order valence-corrected chi connectivity index (χ4v) is 3.29. The van der Waals surface area contributed by atoms with Crippen molar-refractivity contribution in [3.8, 4) is 5.75 Å². The second-order valence-electron chi connectivity index (χ2n) is 6.75. The third-order valence-corrected chi connectivity index (χ3v) is 4.55. The van der Waals surface area contributed by atoms with Crippen LogP contribution in [0.2, 0.25) is 0 Å². The zero-order chi connectivity index (χ0) is 17.8. The van der Waals surface area contributed by atoms with Gasteiger partial charge >= 0.3 is 0 Å². The summed E-state index contributed by atoms with van der Waals surface area (Å²) in [7, 11) is 1.64. The Balaban J connectivity index is 1.61. The zero-order valence-electron chi connectivity index (χ0n) is 15.2. The highest BCUT2D eigenvalue weighted by atomic mass is 16.5. The number of aryl methyl sites for hydroxylation is 2. The number of aliphatic hydroxyl groups excluding tert-OH is 1. The van der Waals surface area contributed by atoms with E-state index < -0.39 is 6.10 Å². The fourth-order valence-electron chi connectivity index (χ4n) is 3.29. The Bertz CT molecular complexity index is 701. The average Bonchev–Trinajstić information content (AvgIpc) is 3.00. The number of aromatic nitrogens is 2. The minimum absolute atomic E-state index is 0.0830. The summed E-state index contributed by atoms with van der Waals surface area (Å²) in [4.78, 5) is 2.25. The largest absolute Gasteiger partial charge is 0.496 e. The quantitative estimate of drug-likeness (QED) is 0.867. The van der Waals surface area contributed by atoms with E-state index in [2.05, 4.69) is 10.00 Å². The molecule has 136 valence electrons. The van der Waals surface area contributed by atoms with Crippen molar-refractivity contribution < 1.29 is 14.6 Å². The molecule has 2 heterocycles. The van der Waals surface area contributed by atoms with Crippen LogP contribution in [0.3, 0.4) is 0 Å². The topological polar surface area (TPSA) is 59.8 Å². The first-order valence-corrected chi connectivity index (χ1v) is 8.71. The van der Waals surface area contributed by atoms with Gasteiger partial charge in [-0.15, -0.1) is 0 Å². The molecule has 1 aliphatic rings. The molecule has 2 unspecified atom stereocenters. The number of hydrogen-bond donors (Lipinski definition) is 1. The zero-order valence-corrected chi connectivity index (χ0v) is 15.2. The number of rotatable bonds is 6. The van der Waals surface area contributed by atoms with Gasteiger partial charge in [-0.3, -0.25) is 9.58 Å². The first kappa shape index (κ1) is 17.9. The molecule has 1 aromatic heterocycles. The van der Waals surface area contributed by atoms with E-state index in [1.165, 1.54) is 0 Å². The van der Waals surface area contributed by atoms with E-state index in [-0.39, 0.29) is 6.10 Å². The highest BCUT2D eigenvalue weighted by molar-refractivity contribution is 5.38. The molecule has 2 atom stereocenters. The highest BCUT2D eigenvalue weighted by Crippen LogP contribution is 2.27. The van der Waals surface area contributed by atoms with E-state index in [1.54, 1.807) is 7.11 Å². The van der Waals surface area contributed by atoms with Crippen molar-refractivity contribution in [2.24, 2.45) is 0 Å². The Morgan fingerprint density at radius 3 is 2.92 bits per heavy atom. The normalized spacial score (nSPS) is 19.8. The predicted octanol–water partition coefficient (Wildman–Crippen LogP) is 1.94. The molecule has 3 rings (SSSR count). The van der Waals surface area contributed by atoms with Gasteiger partial charge in [-0.25, -0.2) is 0 Å². The van der Waals surface area contributed by atoms with Gasteiger partial charge in [-0.1, -0.05) is 11.6 Å². The summed E-state index contributed by atoms with van der Waals surface area (Å²) in [6.07, 6.45) is 3.38. The van der Waals surface area contributed by atoms with Crippen LogP contribution in [0.1, 0.15) is 22.8 Å². The molecule has 1 N–H and O–H groups in total. The number of hydrogen-bond acceptors (Lipinski definition) is 5. The van der Waals surface area contributed by atoms with Crippen LogP contribution in [0, 0.1) is 13.8 Å². The Morgan fingerprint density at radius 1 is 1.36 bits per heavy atom. The summed E-state index contributed by atoms with van der Waals surface area (Å²) in [6, 6.07) is 5.90. The summed E-state index contributed by atoms with van der Waals surface area (Å²) >= 11 is 0. The monoisotopic (exact) mass is 345 g/mol. The summed E-state index contributed by atoms with van der Waals surface area (Å²) in [5.41, 5.74) is 3.10. The number of aliphatic hydroxyl groups is 1. The van der Waals surface area contributed by atoms with Gasteiger partial charge in [-0.2, -0.15) is 5.10 Å². The highest BCUT2D eigenvalue weighted by Gasteiger charge is 2.24. The molecular formula is C19H27N3O3. The first-order valence-electron chi connectivity index (χ1n) is 8.71. The van der Waals surface area contributed by atoms with Crippen molar-refractivity contribution in [1.29, 1.82) is 0 Å². The van der Waals surface area contributed by atoms with E-state index in [0.717, 1.165) is 42.1 Å². The maximum absolute atomic E-state index is 10.7. The van der Waals surface area contributed by atoms with Crippen molar-refractivity contribution >= 4 is 0 Å². The van der Waals surface area contributed by atoms with Gasteiger partial charge in [0.2, 0.25) is 0 Å².